The molecule has 0 fully saturated rings. The zero-order valence-corrected chi connectivity index (χ0v) is 10.8. The zero-order chi connectivity index (χ0) is 13.8. The topological polar surface area (TPSA) is 88.1 Å². The highest BCUT2D eigenvalue weighted by atomic mass is 16.5. The molecular formula is C13H15N3O3. The summed E-state index contributed by atoms with van der Waals surface area (Å²) in [5, 5.41) is 15.5. The van der Waals surface area contributed by atoms with E-state index in [0.717, 1.165) is 16.9 Å². The Morgan fingerprint density at radius 1 is 1.47 bits per heavy atom. The Bertz CT molecular complexity index is 593. The molecule has 0 unspecified atom stereocenters. The third-order valence-corrected chi connectivity index (χ3v) is 2.76. The SMILES string of the molecule is COc1ccc(-c2n[nH]c(CCC(=O)O)n2)cc1C. The zero-order valence-electron chi connectivity index (χ0n) is 10.8. The number of nitrogens with one attached hydrogen (secondary N) is 1. The summed E-state index contributed by atoms with van der Waals surface area (Å²) >= 11 is 0. The highest BCUT2D eigenvalue weighted by molar-refractivity contribution is 5.67. The summed E-state index contributed by atoms with van der Waals surface area (Å²) in [6.45, 7) is 1.94. The van der Waals surface area contributed by atoms with E-state index in [2.05, 4.69) is 15.2 Å². The van der Waals surface area contributed by atoms with E-state index in [9.17, 15) is 4.79 Å². The Labute approximate surface area is 110 Å². The third-order valence-electron chi connectivity index (χ3n) is 2.76. The smallest absolute Gasteiger partial charge is 0.303 e. The fourth-order valence-corrected chi connectivity index (χ4v) is 1.78. The van der Waals surface area contributed by atoms with E-state index in [-0.39, 0.29) is 6.42 Å². The van der Waals surface area contributed by atoms with E-state index in [1.54, 1.807) is 7.11 Å². The fraction of sp³-hybridized carbons (Fsp3) is 0.308. The van der Waals surface area contributed by atoms with Gasteiger partial charge in [0, 0.05) is 12.0 Å². The van der Waals surface area contributed by atoms with Crippen LogP contribution < -0.4 is 4.74 Å². The molecule has 0 aliphatic rings. The number of aryl methyl sites for hydroxylation is 2. The quantitative estimate of drug-likeness (QED) is 0.856. The third kappa shape index (κ3) is 3.09. The van der Waals surface area contributed by atoms with Gasteiger partial charge in [-0.3, -0.25) is 9.89 Å². The van der Waals surface area contributed by atoms with Crippen LogP contribution in [0.15, 0.2) is 18.2 Å². The molecule has 0 saturated heterocycles. The van der Waals surface area contributed by atoms with Crippen LogP contribution in [0, 0.1) is 6.92 Å². The average molecular weight is 261 g/mol. The molecule has 100 valence electrons. The van der Waals surface area contributed by atoms with Gasteiger partial charge in [0.1, 0.15) is 11.6 Å². The van der Waals surface area contributed by atoms with Gasteiger partial charge in [-0.05, 0) is 30.7 Å². The predicted molar refractivity (Wildman–Crippen MR) is 69.1 cm³/mol. The van der Waals surface area contributed by atoms with Crippen molar-refractivity contribution in [2.24, 2.45) is 0 Å². The Morgan fingerprint density at radius 2 is 2.26 bits per heavy atom. The van der Waals surface area contributed by atoms with Crippen LogP contribution in [0.5, 0.6) is 5.75 Å². The van der Waals surface area contributed by atoms with E-state index < -0.39 is 5.97 Å². The molecule has 0 radical (unpaired) electrons. The van der Waals surface area contributed by atoms with Crippen molar-refractivity contribution in [3.05, 3.63) is 29.6 Å². The summed E-state index contributed by atoms with van der Waals surface area (Å²) in [4.78, 5) is 14.8. The van der Waals surface area contributed by atoms with Gasteiger partial charge in [-0.1, -0.05) is 0 Å². The van der Waals surface area contributed by atoms with E-state index in [1.165, 1.54) is 0 Å². The van der Waals surface area contributed by atoms with Crippen molar-refractivity contribution in [3.63, 3.8) is 0 Å². The van der Waals surface area contributed by atoms with Gasteiger partial charge in [0.05, 0.1) is 13.5 Å². The second-order valence-corrected chi connectivity index (χ2v) is 4.18. The first-order chi connectivity index (χ1) is 9.10. The Balaban J connectivity index is 2.18. The van der Waals surface area contributed by atoms with Crippen LogP contribution in [-0.2, 0) is 11.2 Å². The van der Waals surface area contributed by atoms with Crippen molar-refractivity contribution < 1.29 is 14.6 Å². The molecule has 6 nitrogen and oxygen atoms in total. The van der Waals surface area contributed by atoms with Crippen LogP contribution in [0.3, 0.4) is 0 Å². The summed E-state index contributed by atoms with van der Waals surface area (Å²) in [5.74, 6) is 1.10. The first-order valence-corrected chi connectivity index (χ1v) is 5.88. The number of aromatic nitrogens is 3. The number of nitrogens with zero attached hydrogens (tertiary/aromatic N) is 2. The van der Waals surface area contributed by atoms with E-state index in [4.69, 9.17) is 9.84 Å². The molecule has 0 spiro atoms. The molecule has 0 saturated carbocycles. The minimum Gasteiger partial charge on any atom is -0.496 e. The van der Waals surface area contributed by atoms with Crippen molar-refractivity contribution in [1.82, 2.24) is 15.2 Å². The first kappa shape index (κ1) is 13.1. The van der Waals surface area contributed by atoms with Crippen LogP contribution in [0.1, 0.15) is 17.8 Å². The fourth-order valence-electron chi connectivity index (χ4n) is 1.78. The maximum absolute atomic E-state index is 10.5. The number of hydrogen-bond donors (Lipinski definition) is 2. The molecule has 19 heavy (non-hydrogen) atoms. The van der Waals surface area contributed by atoms with Crippen LogP contribution in [0.2, 0.25) is 0 Å². The number of aromatic amines is 1. The minimum atomic E-state index is -0.849. The number of benzene rings is 1. The number of methoxy groups -OCH3 is 1. The lowest BCUT2D eigenvalue weighted by atomic mass is 10.1. The lowest BCUT2D eigenvalue weighted by Crippen LogP contribution is -1.98. The number of carboxylic acids is 1. The summed E-state index contributed by atoms with van der Waals surface area (Å²) in [6.07, 6.45) is 0.383. The van der Waals surface area contributed by atoms with Gasteiger partial charge >= 0.3 is 5.97 Å². The van der Waals surface area contributed by atoms with Crippen LogP contribution in [-0.4, -0.2) is 33.4 Å². The molecule has 2 rings (SSSR count). The highest BCUT2D eigenvalue weighted by Crippen LogP contribution is 2.23. The van der Waals surface area contributed by atoms with E-state index >= 15 is 0 Å². The van der Waals surface area contributed by atoms with Crippen LogP contribution >= 0.6 is 0 Å². The van der Waals surface area contributed by atoms with Crippen LogP contribution in [0.25, 0.3) is 11.4 Å². The molecule has 0 bridgehead atoms. The molecule has 2 aromatic rings. The van der Waals surface area contributed by atoms with Gasteiger partial charge < -0.3 is 9.84 Å². The molecule has 1 aromatic carbocycles. The van der Waals surface area contributed by atoms with Gasteiger partial charge in [-0.15, -0.1) is 0 Å². The normalized spacial score (nSPS) is 10.4. The maximum Gasteiger partial charge on any atom is 0.303 e. The van der Waals surface area contributed by atoms with Crippen LogP contribution in [0.4, 0.5) is 0 Å². The van der Waals surface area contributed by atoms with Gasteiger partial charge in [-0.25, -0.2) is 4.98 Å². The number of aliphatic carboxylic acids is 1. The number of hydrogen-bond acceptors (Lipinski definition) is 4. The molecule has 1 aromatic heterocycles. The summed E-state index contributed by atoms with van der Waals surface area (Å²) in [7, 11) is 1.62. The average Bonchev–Trinajstić information content (AvgIpc) is 2.85. The van der Waals surface area contributed by atoms with E-state index in [1.807, 2.05) is 25.1 Å². The maximum atomic E-state index is 10.5. The monoisotopic (exact) mass is 261 g/mol. The van der Waals surface area contributed by atoms with Crippen molar-refractivity contribution in [2.75, 3.05) is 7.11 Å². The molecule has 2 N–H and O–H groups in total. The first-order valence-electron chi connectivity index (χ1n) is 5.88. The Morgan fingerprint density at radius 3 is 2.89 bits per heavy atom. The molecule has 0 aliphatic heterocycles. The van der Waals surface area contributed by atoms with Crippen molar-refractivity contribution in [3.8, 4) is 17.1 Å². The minimum absolute atomic E-state index is 0.0380. The standard InChI is InChI=1S/C13H15N3O3/c1-8-7-9(3-4-10(8)19-2)13-14-11(15-16-13)5-6-12(17)18/h3-4,7H,5-6H2,1-2H3,(H,17,18)(H,14,15,16). The largest absolute Gasteiger partial charge is 0.496 e. The number of H-pyrrole nitrogens is 1. The number of rotatable bonds is 5. The lowest BCUT2D eigenvalue weighted by molar-refractivity contribution is -0.137. The lowest BCUT2D eigenvalue weighted by Gasteiger charge is -2.04. The molecule has 1 heterocycles. The van der Waals surface area contributed by atoms with Gasteiger partial charge in [0.15, 0.2) is 5.82 Å². The summed E-state index contributed by atoms with van der Waals surface area (Å²) in [6, 6.07) is 5.66. The van der Waals surface area contributed by atoms with Gasteiger partial charge in [-0.2, -0.15) is 5.10 Å². The second kappa shape index (κ2) is 5.51. The molecular weight excluding hydrogens is 246 g/mol. The molecule has 6 heteroatoms. The highest BCUT2D eigenvalue weighted by Gasteiger charge is 2.09. The predicted octanol–water partition coefficient (Wildman–Crippen LogP) is 1.81. The molecule has 0 amide bonds. The van der Waals surface area contributed by atoms with Crippen molar-refractivity contribution in [1.29, 1.82) is 0 Å². The summed E-state index contributed by atoms with van der Waals surface area (Å²) in [5.41, 5.74) is 1.87. The Kier molecular flexibility index (Phi) is 3.79. The number of carbonyl (C=O) groups is 1. The number of ether oxygens (including phenoxy) is 1. The molecule has 0 atom stereocenters. The molecule has 0 aliphatic carbocycles. The van der Waals surface area contributed by atoms with Gasteiger partial charge in [0.2, 0.25) is 0 Å². The number of carboxylic acid groups (broad SMARTS) is 1. The summed E-state index contributed by atoms with van der Waals surface area (Å²) < 4.78 is 5.19. The van der Waals surface area contributed by atoms with E-state index in [0.29, 0.717) is 18.1 Å². The van der Waals surface area contributed by atoms with Gasteiger partial charge in [0.25, 0.3) is 0 Å². The van der Waals surface area contributed by atoms with Crippen molar-refractivity contribution >= 4 is 5.97 Å². The Hall–Kier alpha value is -2.37. The second-order valence-electron chi connectivity index (χ2n) is 4.18. The van der Waals surface area contributed by atoms with Crippen molar-refractivity contribution in [2.45, 2.75) is 19.8 Å².